The first kappa shape index (κ1) is 12.8. The fraction of sp³-hybridized carbons (Fsp3) is 0.583. The molecule has 2 N–H and O–H groups in total. The molecule has 1 unspecified atom stereocenters. The monoisotopic (exact) mass is 223 g/mol. The number of nitrogen functional groups attached to an aromatic ring is 1. The Morgan fingerprint density at radius 1 is 1.44 bits per heavy atom. The largest absolute Gasteiger partial charge is 0.384 e. The highest BCUT2D eigenvalue weighted by Crippen LogP contribution is 2.18. The molecule has 0 spiro atoms. The summed E-state index contributed by atoms with van der Waals surface area (Å²) in [6, 6.07) is 4.25. The van der Waals surface area contributed by atoms with Crippen molar-refractivity contribution in [2.75, 3.05) is 30.4 Å². The molecule has 2 rings (SSSR count). The van der Waals surface area contributed by atoms with Gasteiger partial charge in [-0.1, -0.05) is 13.8 Å². The third-order valence-corrected chi connectivity index (χ3v) is 2.47. The summed E-state index contributed by atoms with van der Waals surface area (Å²) in [5.41, 5.74) is 6.66. The molecular weight excluding hydrogens is 202 g/mol. The van der Waals surface area contributed by atoms with E-state index in [1.165, 1.54) is 0 Å². The second-order valence-electron chi connectivity index (χ2n) is 3.56. The molecule has 1 saturated heterocycles. The van der Waals surface area contributed by atoms with Gasteiger partial charge in [-0.15, -0.1) is 0 Å². The molecule has 1 aromatic heterocycles. The minimum absolute atomic E-state index is 0.411. The predicted octanol–water partition coefficient (Wildman–Crippen LogP) is 1.92. The van der Waals surface area contributed by atoms with Crippen LogP contribution in [0.4, 0.5) is 11.5 Å². The van der Waals surface area contributed by atoms with Crippen molar-refractivity contribution in [3.63, 3.8) is 0 Å². The average molecular weight is 223 g/mol. The van der Waals surface area contributed by atoms with Gasteiger partial charge in [-0.2, -0.15) is 0 Å². The Labute approximate surface area is 97.4 Å². The Morgan fingerprint density at radius 3 is 2.75 bits per heavy atom. The van der Waals surface area contributed by atoms with Gasteiger partial charge in [-0.25, -0.2) is 4.98 Å². The molecule has 1 aliphatic rings. The zero-order chi connectivity index (χ0) is 12.0. The Balaban J connectivity index is 0.000000606. The number of nitrogens with two attached hydrogens (primary N) is 1. The van der Waals surface area contributed by atoms with E-state index >= 15 is 0 Å². The fourth-order valence-corrected chi connectivity index (χ4v) is 1.68. The van der Waals surface area contributed by atoms with Crippen molar-refractivity contribution in [2.45, 2.75) is 26.8 Å². The Bertz CT molecular complexity index is 300. The number of pyridine rings is 1. The SMILES string of the molecule is CC.CC1COCCN1c1ccc(N)nc1. The predicted molar refractivity (Wildman–Crippen MR) is 67.6 cm³/mol. The van der Waals surface area contributed by atoms with E-state index in [9.17, 15) is 0 Å². The quantitative estimate of drug-likeness (QED) is 0.790. The minimum atomic E-state index is 0.411. The highest BCUT2D eigenvalue weighted by Gasteiger charge is 2.18. The minimum Gasteiger partial charge on any atom is -0.384 e. The van der Waals surface area contributed by atoms with Crippen LogP contribution in [-0.4, -0.2) is 30.8 Å². The maximum atomic E-state index is 5.54. The van der Waals surface area contributed by atoms with Crippen LogP contribution in [0.15, 0.2) is 18.3 Å². The number of aromatic nitrogens is 1. The molecule has 1 aromatic rings. The Hall–Kier alpha value is -1.29. The number of hydrogen-bond acceptors (Lipinski definition) is 4. The number of nitrogens with zero attached hydrogens (tertiary/aromatic N) is 2. The fourth-order valence-electron chi connectivity index (χ4n) is 1.68. The normalized spacial score (nSPS) is 19.9. The van der Waals surface area contributed by atoms with Crippen molar-refractivity contribution >= 4 is 11.5 Å². The van der Waals surface area contributed by atoms with E-state index in [2.05, 4.69) is 16.8 Å². The molecule has 0 amide bonds. The topological polar surface area (TPSA) is 51.4 Å². The molecule has 0 aromatic carbocycles. The standard InChI is InChI=1S/C10H15N3O.C2H6/c1-8-7-14-5-4-13(8)9-2-3-10(11)12-6-9;1-2/h2-3,6,8H,4-5,7H2,1H3,(H2,11,12);1-2H3. The molecule has 90 valence electrons. The highest BCUT2D eigenvalue weighted by molar-refractivity contribution is 5.49. The number of morpholine rings is 1. The molecule has 1 fully saturated rings. The van der Waals surface area contributed by atoms with Crippen molar-refractivity contribution in [1.82, 2.24) is 4.98 Å². The number of hydrogen-bond donors (Lipinski definition) is 1. The van der Waals surface area contributed by atoms with E-state index in [0.29, 0.717) is 11.9 Å². The first-order valence-electron chi connectivity index (χ1n) is 5.83. The highest BCUT2D eigenvalue weighted by atomic mass is 16.5. The summed E-state index contributed by atoms with van der Waals surface area (Å²) in [5.74, 6) is 0.565. The van der Waals surface area contributed by atoms with Gasteiger partial charge in [0.25, 0.3) is 0 Å². The molecule has 4 heteroatoms. The summed E-state index contributed by atoms with van der Waals surface area (Å²) in [6.45, 7) is 8.64. The molecule has 0 bridgehead atoms. The van der Waals surface area contributed by atoms with E-state index in [1.54, 1.807) is 0 Å². The van der Waals surface area contributed by atoms with Crippen LogP contribution in [0.2, 0.25) is 0 Å². The van der Waals surface area contributed by atoms with Gasteiger partial charge in [0.1, 0.15) is 5.82 Å². The third-order valence-electron chi connectivity index (χ3n) is 2.47. The Morgan fingerprint density at radius 2 is 2.19 bits per heavy atom. The van der Waals surface area contributed by atoms with Crippen LogP contribution < -0.4 is 10.6 Å². The first-order chi connectivity index (χ1) is 7.77. The molecular formula is C12H21N3O. The molecule has 0 radical (unpaired) electrons. The number of ether oxygens (including phenoxy) is 1. The molecule has 0 aliphatic carbocycles. The van der Waals surface area contributed by atoms with Crippen LogP contribution in [0.5, 0.6) is 0 Å². The summed E-state index contributed by atoms with van der Waals surface area (Å²) in [7, 11) is 0. The van der Waals surface area contributed by atoms with Crippen molar-refractivity contribution in [3.05, 3.63) is 18.3 Å². The zero-order valence-electron chi connectivity index (χ0n) is 10.3. The second-order valence-corrected chi connectivity index (χ2v) is 3.56. The van der Waals surface area contributed by atoms with Crippen LogP contribution in [-0.2, 0) is 4.74 Å². The van der Waals surface area contributed by atoms with Gasteiger partial charge < -0.3 is 15.4 Å². The van der Waals surface area contributed by atoms with Gasteiger partial charge in [0, 0.05) is 12.6 Å². The smallest absolute Gasteiger partial charge is 0.123 e. The van der Waals surface area contributed by atoms with Crippen LogP contribution in [0, 0.1) is 0 Å². The van der Waals surface area contributed by atoms with Crippen LogP contribution in [0.25, 0.3) is 0 Å². The maximum absolute atomic E-state index is 5.54. The average Bonchev–Trinajstić information content (AvgIpc) is 2.34. The summed E-state index contributed by atoms with van der Waals surface area (Å²) in [4.78, 5) is 6.37. The summed E-state index contributed by atoms with van der Waals surface area (Å²) >= 11 is 0. The molecule has 1 atom stereocenters. The Kier molecular flexibility index (Phi) is 5.05. The summed E-state index contributed by atoms with van der Waals surface area (Å²) in [6.07, 6.45) is 1.82. The van der Waals surface area contributed by atoms with Gasteiger partial charge in [0.2, 0.25) is 0 Å². The first-order valence-corrected chi connectivity index (χ1v) is 5.83. The lowest BCUT2D eigenvalue weighted by atomic mass is 10.2. The van der Waals surface area contributed by atoms with Gasteiger partial charge in [0.05, 0.1) is 25.1 Å². The van der Waals surface area contributed by atoms with Crippen LogP contribution in [0.3, 0.4) is 0 Å². The molecule has 1 aliphatic heterocycles. The van der Waals surface area contributed by atoms with Gasteiger partial charge in [-0.05, 0) is 19.1 Å². The van der Waals surface area contributed by atoms with Crippen LogP contribution >= 0.6 is 0 Å². The van der Waals surface area contributed by atoms with E-state index in [4.69, 9.17) is 10.5 Å². The van der Waals surface area contributed by atoms with E-state index in [0.717, 1.165) is 25.4 Å². The molecule has 4 nitrogen and oxygen atoms in total. The molecule has 0 saturated carbocycles. The van der Waals surface area contributed by atoms with Crippen LogP contribution in [0.1, 0.15) is 20.8 Å². The van der Waals surface area contributed by atoms with Crippen molar-refractivity contribution < 1.29 is 4.74 Å². The second kappa shape index (κ2) is 6.33. The van der Waals surface area contributed by atoms with Gasteiger partial charge >= 0.3 is 0 Å². The lowest BCUT2D eigenvalue weighted by Crippen LogP contribution is -2.43. The number of rotatable bonds is 1. The lowest BCUT2D eigenvalue weighted by Gasteiger charge is -2.34. The van der Waals surface area contributed by atoms with Crippen molar-refractivity contribution in [1.29, 1.82) is 0 Å². The van der Waals surface area contributed by atoms with E-state index < -0.39 is 0 Å². The van der Waals surface area contributed by atoms with E-state index in [-0.39, 0.29) is 0 Å². The molecule has 2 heterocycles. The third kappa shape index (κ3) is 3.10. The summed E-state index contributed by atoms with van der Waals surface area (Å²) < 4.78 is 5.37. The van der Waals surface area contributed by atoms with Crippen molar-refractivity contribution in [2.24, 2.45) is 0 Å². The maximum Gasteiger partial charge on any atom is 0.123 e. The summed E-state index contributed by atoms with van der Waals surface area (Å²) in [5, 5.41) is 0. The zero-order valence-corrected chi connectivity index (χ0v) is 10.3. The van der Waals surface area contributed by atoms with E-state index in [1.807, 2.05) is 32.2 Å². The number of anilines is 2. The van der Waals surface area contributed by atoms with Gasteiger partial charge in [0.15, 0.2) is 0 Å². The lowest BCUT2D eigenvalue weighted by molar-refractivity contribution is 0.0989. The molecule has 16 heavy (non-hydrogen) atoms. The van der Waals surface area contributed by atoms with Gasteiger partial charge in [-0.3, -0.25) is 0 Å². The van der Waals surface area contributed by atoms with Crippen molar-refractivity contribution in [3.8, 4) is 0 Å².